The average molecular weight is 252 g/mol. The van der Waals surface area contributed by atoms with E-state index in [9.17, 15) is 9.90 Å². The Hall–Kier alpha value is -2.13. The predicted octanol–water partition coefficient (Wildman–Crippen LogP) is 2.31. The first-order valence-corrected chi connectivity index (χ1v) is 6.18. The van der Waals surface area contributed by atoms with Crippen molar-refractivity contribution in [3.05, 3.63) is 66.2 Å². The summed E-state index contributed by atoms with van der Waals surface area (Å²) in [5.41, 5.74) is 4.62. The number of hydrogen-bond donors (Lipinski definition) is 2. The summed E-state index contributed by atoms with van der Waals surface area (Å²) in [4.78, 5) is 11.9. The second kappa shape index (κ2) is 4.52. The fourth-order valence-electron chi connectivity index (χ4n) is 2.84. The highest BCUT2D eigenvalue weighted by molar-refractivity contribution is 6.03. The Balaban J connectivity index is 2.30. The minimum atomic E-state index is -0.203. The minimum Gasteiger partial charge on any atom is -0.395 e. The molecule has 3 rings (SSSR count). The normalized spacial score (nSPS) is 15.8. The maximum atomic E-state index is 11.9. The molecule has 1 unspecified atom stereocenters. The van der Waals surface area contributed by atoms with E-state index < -0.39 is 0 Å². The molecule has 0 aliphatic heterocycles. The molecular formula is C16H14NO2. The summed E-state index contributed by atoms with van der Waals surface area (Å²) in [5.74, 6) is -0.256. The van der Waals surface area contributed by atoms with Crippen LogP contribution in [-0.4, -0.2) is 17.6 Å². The number of aliphatic hydroxyl groups is 1. The van der Waals surface area contributed by atoms with Crippen molar-refractivity contribution in [2.75, 3.05) is 6.61 Å². The van der Waals surface area contributed by atoms with Gasteiger partial charge in [0, 0.05) is 18.5 Å². The van der Waals surface area contributed by atoms with Crippen LogP contribution in [0.25, 0.3) is 11.1 Å². The molecule has 0 aromatic heterocycles. The predicted molar refractivity (Wildman–Crippen MR) is 73.6 cm³/mol. The second-order valence-electron chi connectivity index (χ2n) is 4.60. The van der Waals surface area contributed by atoms with Crippen molar-refractivity contribution in [3.8, 4) is 11.1 Å². The molecule has 1 radical (unpaired) electrons. The van der Waals surface area contributed by atoms with Crippen LogP contribution in [0.1, 0.15) is 27.4 Å². The molecule has 2 aromatic rings. The number of aliphatic hydroxyl groups excluding tert-OH is 1. The summed E-state index contributed by atoms with van der Waals surface area (Å²) in [6.45, 7) is 0.0411. The zero-order valence-corrected chi connectivity index (χ0v) is 10.4. The van der Waals surface area contributed by atoms with Gasteiger partial charge in [0.2, 0.25) is 0 Å². The zero-order chi connectivity index (χ0) is 13.4. The van der Waals surface area contributed by atoms with E-state index in [-0.39, 0.29) is 18.4 Å². The summed E-state index contributed by atoms with van der Waals surface area (Å²) in [7, 11) is 3.43. The van der Waals surface area contributed by atoms with Crippen LogP contribution in [0.4, 0.5) is 0 Å². The number of amides is 1. The molecule has 95 valence electrons. The summed E-state index contributed by atoms with van der Waals surface area (Å²) in [6, 6.07) is 13.5. The molecule has 0 saturated carbocycles. The van der Waals surface area contributed by atoms with Crippen LogP contribution in [0, 0.1) is 7.05 Å². The molecule has 0 bridgehead atoms. The fraction of sp³-hybridized carbons (Fsp3) is 0.125. The van der Waals surface area contributed by atoms with Crippen LogP contribution < -0.4 is 5.32 Å². The van der Waals surface area contributed by atoms with Crippen LogP contribution in [0.5, 0.6) is 0 Å². The molecule has 2 aromatic carbocycles. The number of carbonyl (C=O) groups is 1. The van der Waals surface area contributed by atoms with Gasteiger partial charge in [0.15, 0.2) is 0 Å². The van der Waals surface area contributed by atoms with Crippen molar-refractivity contribution in [2.24, 2.45) is 0 Å². The standard InChI is InChI=1S/C16H14NO2/c1-17-16(19)13-8-4-7-12-14(9-18)10-5-2-3-6-11(10)15(12)13/h2-8,14,18H,1,9H2,(H,17,19). The van der Waals surface area contributed by atoms with Crippen molar-refractivity contribution < 1.29 is 9.90 Å². The highest BCUT2D eigenvalue weighted by Crippen LogP contribution is 2.45. The quantitative estimate of drug-likeness (QED) is 0.861. The fourth-order valence-corrected chi connectivity index (χ4v) is 2.84. The molecular weight excluding hydrogens is 238 g/mol. The number of hydrogen-bond acceptors (Lipinski definition) is 2. The van der Waals surface area contributed by atoms with Gasteiger partial charge >= 0.3 is 0 Å². The Kier molecular flexibility index (Phi) is 2.84. The number of rotatable bonds is 2. The van der Waals surface area contributed by atoms with Crippen LogP contribution in [0.2, 0.25) is 0 Å². The summed E-state index contributed by atoms with van der Waals surface area (Å²) in [5, 5.41) is 12.1. The third kappa shape index (κ3) is 1.66. The van der Waals surface area contributed by atoms with E-state index in [0.717, 1.165) is 22.3 Å². The first-order valence-electron chi connectivity index (χ1n) is 6.18. The number of nitrogens with one attached hydrogen (secondary N) is 1. The van der Waals surface area contributed by atoms with Gasteiger partial charge in [-0.2, -0.15) is 0 Å². The van der Waals surface area contributed by atoms with E-state index in [2.05, 4.69) is 12.4 Å². The lowest BCUT2D eigenvalue weighted by molar-refractivity contribution is 0.0969. The van der Waals surface area contributed by atoms with E-state index in [0.29, 0.717) is 5.56 Å². The third-order valence-corrected chi connectivity index (χ3v) is 3.67. The monoisotopic (exact) mass is 252 g/mol. The Labute approximate surface area is 111 Å². The maximum absolute atomic E-state index is 11.9. The number of benzene rings is 2. The van der Waals surface area contributed by atoms with Gasteiger partial charge in [0.05, 0.1) is 6.61 Å². The van der Waals surface area contributed by atoms with Crippen molar-refractivity contribution in [3.63, 3.8) is 0 Å². The summed E-state index contributed by atoms with van der Waals surface area (Å²) in [6.07, 6.45) is 0. The summed E-state index contributed by atoms with van der Waals surface area (Å²) >= 11 is 0. The molecule has 3 nitrogen and oxygen atoms in total. The van der Waals surface area contributed by atoms with Crippen molar-refractivity contribution >= 4 is 5.91 Å². The first-order chi connectivity index (χ1) is 9.27. The molecule has 3 heteroatoms. The number of carbonyl (C=O) groups excluding carboxylic acids is 1. The number of fused-ring (bicyclic) bond motifs is 3. The van der Waals surface area contributed by atoms with Crippen molar-refractivity contribution in [1.82, 2.24) is 5.32 Å². The highest BCUT2D eigenvalue weighted by Gasteiger charge is 2.30. The molecule has 0 fully saturated rings. The highest BCUT2D eigenvalue weighted by atomic mass is 16.3. The van der Waals surface area contributed by atoms with Gasteiger partial charge in [-0.1, -0.05) is 36.4 Å². The molecule has 1 aliphatic carbocycles. The first kappa shape index (κ1) is 11.9. The van der Waals surface area contributed by atoms with Crippen LogP contribution in [0.15, 0.2) is 42.5 Å². The lowest BCUT2D eigenvalue weighted by atomic mass is 9.96. The Bertz CT molecular complexity index is 649. The maximum Gasteiger partial charge on any atom is 0.251 e. The Morgan fingerprint density at radius 2 is 1.89 bits per heavy atom. The van der Waals surface area contributed by atoms with Crippen molar-refractivity contribution in [1.29, 1.82) is 0 Å². The lowest BCUT2D eigenvalue weighted by Crippen LogP contribution is -2.16. The second-order valence-corrected chi connectivity index (χ2v) is 4.60. The Morgan fingerprint density at radius 1 is 1.16 bits per heavy atom. The zero-order valence-electron chi connectivity index (χ0n) is 10.4. The average Bonchev–Trinajstić information content (AvgIpc) is 2.80. The van der Waals surface area contributed by atoms with E-state index in [1.54, 1.807) is 6.07 Å². The summed E-state index contributed by atoms with van der Waals surface area (Å²) < 4.78 is 0. The van der Waals surface area contributed by atoms with E-state index in [4.69, 9.17) is 0 Å². The Morgan fingerprint density at radius 3 is 2.63 bits per heavy atom. The molecule has 2 N–H and O–H groups in total. The van der Waals surface area contributed by atoms with Gasteiger partial charge in [0.25, 0.3) is 5.91 Å². The van der Waals surface area contributed by atoms with Gasteiger partial charge in [-0.3, -0.25) is 4.79 Å². The van der Waals surface area contributed by atoms with Crippen LogP contribution >= 0.6 is 0 Å². The van der Waals surface area contributed by atoms with Gasteiger partial charge in [-0.05, 0) is 28.3 Å². The molecule has 1 aliphatic rings. The molecule has 1 atom stereocenters. The van der Waals surface area contributed by atoms with E-state index >= 15 is 0 Å². The molecule has 0 spiro atoms. The largest absolute Gasteiger partial charge is 0.395 e. The SMILES string of the molecule is [CH2]NC(=O)c1cccc2c1-c1ccccc1C2CO. The van der Waals surface area contributed by atoms with Crippen LogP contribution in [-0.2, 0) is 0 Å². The molecule has 0 saturated heterocycles. The smallest absolute Gasteiger partial charge is 0.251 e. The van der Waals surface area contributed by atoms with Gasteiger partial charge in [0.1, 0.15) is 0 Å². The van der Waals surface area contributed by atoms with Crippen LogP contribution in [0.3, 0.4) is 0 Å². The topological polar surface area (TPSA) is 49.3 Å². The minimum absolute atomic E-state index is 0.0411. The van der Waals surface area contributed by atoms with E-state index in [1.807, 2.05) is 36.4 Å². The third-order valence-electron chi connectivity index (χ3n) is 3.67. The molecule has 0 heterocycles. The van der Waals surface area contributed by atoms with Gasteiger partial charge in [-0.25, -0.2) is 0 Å². The van der Waals surface area contributed by atoms with Crippen molar-refractivity contribution in [2.45, 2.75) is 5.92 Å². The molecule has 1 amide bonds. The van der Waals surface area contributed by atoms with Gasteiger partial charge < -0.3 is 10.4 Å². The van der Waals surface area contributed by atoms with E-state index in [1.165, 1.54) is 0 Å². The van der Waals surface area contributed by atoms with Gasteiger partial charge in [-0.15, -0.1) is 0 Å². The lowest BCUT2D eigenvalue weighted by Gasteiger charge is -2.10. The molecule has 19 heavy (non-hydrogen) atoms.